The molecular formula is C13H18ClFO. The molecule has 1 aromatic rings. The van der Waals surface area contributed by atoms with E-state index in [0.717, 1.165) is 12.8 Å². The van der Waals surface area contributed by atoms with Crippen LogP contribution in [0.4, 0.5) is 4.39 Å². The molecule has 0 fully saturated rings. The summed E-state index contributed by atoms with van der Waals surface area (Å²) < 4.78 is 12.8. The summed E-state index contributed by atoms with van der Waals surface area (Å²) in [6.07, 6.45) is 4.56. The normalized spacial score (nSPS) is 12.8. The minimum atomic E-state index is -0.579. The van der Waals surface area contributed by atoms with Crippen LogP contribution in [-0.2, 0) is 0 Å². The number of benzene rings is 1. The molecule has 0 aliphatic carbocycles. The lowest BCUT2D eigenvalue weighted by Gasteiger charge is -2.12. The molecule has 0 saturated heterocycles. The van der Waals surface area contributed by atoms with Crippen molar-refractivity contribution >= 4 is 11.6 Å². The molecule has 0 bridgehead atoms. The fourth-order valence-electron chi connectivity index (χ4n) is 1.69. The minimum absolute atomic E-state index is 0.308. The second-order valence-corrected chi connectivity index (χ2v) is 4.44. The molecule has 0 heterocycles. The molecule has 0 aromatic heterocycles. The highest BCUT2D eigenvalue weighted by Crippen LogP contribution is 2.27. The van der Waals surface area contributed by atoms with E-state index >= 15 is 0 Å². The highest BCUT2D eigenvalue weighted by molar-refractivity contribution is 6.31. The third kappa shape index (κ3) is 4.11. The number of hydrogen-bond acceptors (Lipinski definition) is 1. The van der Waals surface area contributed by atoms with Gasteiger partial charge in [0, 0.05) is 5.02 Å². The van der Waals surface area contributed by atoms with Crippen molar-refractivity contribution in [3.05, 3.63) is 34.6 Å². The highest BCUT2D eigenvalue weighted by Gasteiger charge is 2.11. The molecule has 1 atom stereocenters. The third-order valence-electron chi connectivity index (χ3n) is 2.65. The lowest BCUT2D eigenvalue weighted by molar-refractivity contribution is 0.163. The predicted molar refractivity (Wildman–Crippen MR) is 65.1 cm³/mol. The SMILES string of the molecule is CCCCCCC(O)c1ccc(F)cc1Cl. The molecule has 0 aliphatic heterocycles. The summed E-state index contributed by atoms with van der Waals surface area (Å²) >= 11 is 5.86. The van der Waals surface area contributed by atoms with Gasteiger partial charge in [0.2, 0.25) is 0 Å². The summed E-state index contributed by atoms with van der Waals surface area (Å²) in [7, 11) is 0. The van der Waals surface area contributed by atoms with E-state index in [9.17, 15) is 9.50 Å². The molecule has 3 heteroatoms. The maximum Gasteiger partial charge on any atom is 0.124 e. The van der Waals surface area contributed by atoms with Gasteiger partial charge in [-0.3, -0.25) is 0 Å². The topological polar surface area (TPSA) is 20.2 Å². The molecule has 1 aromatic carbocycles. The number of rotatable bonds is 6. The van der Waals surface area contributed by atoms with Gasteiger partial charge in [-0.15, -0.1) is 0 Å². The van der Waals surface area contributed by atoms with Gasteiger partial charge in [-0.25, -0.2) is 4.39 Å². The maximum absolute atomic E-state index is 12.8. The van der Waals surface area contributed by atoms with Gasteiger partial charge in [-0.1, -0.05) is 50.3 Å². The molecule has 1 rings (SSSR count). The third-order valence-corrected chi connectivity index (χ3v) is 2.98. The molecule has 0 spiro atoms. The zero-order valence-electron chi connectivity index (χ0n) is 9.55. The average Bonchev–Trinajstić information content (AvgIpc) is 2.24. The van der Waals surface area contributed by atoms with Crippen LogP contribution in [0.2, 0.25) is 5.02 Å². The van der Waals surface area contributed by atoms with Gasteiger partial charge in [0.05, 0.1) is 6.10 Å². The van der Waals surface area contributed by atoms with Gasteiger partial charge in [0.15, 0.2) is 0 Å². The highest BCUT2D eigenvalue weighted by atomic mass is 35.5. The molecular weight excluding hydrogens is 227 g/mol. The summed E-state index contributed by atoms with van der Waals surface area (Å²) in [5, 5.41) is 10.2. The van der Waals surface area contributed by atoms with Gasteiger partial charge < -0.3 is 5.11 Å². The minimum Gasteiger partial charge on any atom is -0.388 e. The van der Waals surface area contributed by atoms with E-state index in [0.29, 0.717) is 17.0 Å². The van der Waals surface area contributed by atoms with E-state index in [1.165, 1.54) is 25.0 Å². The van der Waals surface area contributed by atoms with Gasteiger partial charge >= 0.3 is 0 Å². The monoisotopic (exact) mass is 244 g/mol. The Balaban J connectivity index is 2.49. The van der Waals surface area contributed by atoms with Crippen LogP contribution >= 0.6 is 11.6 Å². The van der Waals surface area contributed by atoms with Crippen LogP contribution in [0, 0.1) is 5.82 Å². The van der Waals surface area contributed by atoms with Crippen molar-refractivity contribution in [3.63, 3.8) is 0 Å². The van der Waals surface area contributed by atoms with E-state index in [1.807, 2.05) is 0 Å². The van der Waals surface area contributed by atoms with Crippen molar-refractivity contribution in [1.29, 1.82) is 0 Å². The van der Waals surface area contributed by atoms with Crippen LogP contribution in [-0.4, -0.2) is 5.11 Å². The number of aliphatic hydroxyl groups excluding tert-OH is 1. The summed E-state index contributed by atoms with van der Waals surface area (Å²) in [5.74, 6) is -0.369. The summed E-state index contributed by atoms with van der Waals surface area (Å²) in [6, 6.07) is 4.13. The quantitative estimate of drug-likeness (QED) is 0.732. The lowest BCUT2D eigenvalue weighted by atomic mass is 10.0. The first-order valence-corrected chi connectivity index (χ1v) is 6.16. The molecule has 0 aliphatic rings. The maximum atomic E-state index is 12.8. The Morgan fingerprint density at radius 1 is 1.31 bits per heavy atom. The number of unbranched alkanes of at least 4 members (excludes halogenated alkanes) is 3. The average molecular weight is 245 g/mol. The smallest absolute Gasteiger partial charge is 0.124 e. The lowest BCUT2D eigenvalue weighted by Crippen LogP contribution is -1.98. The van der Waals surface area contributed by atoms with E-state index in [-0.39, 0.29) is 5.82 Å². The number of aliphatic hydroxyl groups is 1. The van der Waals surface area contributed by atoms with Crippen LogP contribution in [0.5, 0.6) is 0 Å². The van der Waals surface area contributed by atoms with Crippen molar-refractivity contribution in [2.24, 2.45) is 0 Å². The Hall–Kier alpha value is -0.600. The Labute approximate surface area is 101 Å². The van der Waals surface area contributed by atoms with Crippen molar-refractivity contribution in [2.75, 3.05) is 0 Å². The molecule has 1 unspecified atom stereocenters. The van der Waals surface area contributed by atoms with Crippen LogP contribution in [0.3, 0.4) is 0 Å². The Morgan fingerprint density at radius 3 is 2.69 bits per heavy atom. The fraction of sp³-hybridized carbons (Fsp3) is 0.538. The summed E-state index contributed by atoms with van der Waals surface area (Å²) in [6.45, 7) is 2.15. The van der Waals surface area contributed by atoms with Gasteiger partial charge in [0.1, 0.15) is 5.82 Å². The molecule has 0 saturated carbocycles. The first kappa shape index (κ1) is 13.5. The second kappa shape index (κ2) is 6.87. The van der Waals surface area contributed by atoms with Crippen LogP contribution < -0.4 is 0 Å². The van der Waals surface area contributed by atoms with Crippen LogP contribution in [0.15, 0.2) is 18.2 Å². The zero-order chi connectivity index (χ0) is 12.0. The fourth-order valence-corrected chi connectivity index (χ4v) is 1.98. The first-order valence-electron chi connectivity index (χ1n) is 5.78. The van der Waals surface area contributed by atoms with E-state index in [4.69, 9.17) is 11.6 Å². The van der Waals surface area contributed by atoms with E-state index < -0.39 is 6.10 Å². The molecule has 90 valence electrons. The number of halogens is 2. The second-order valence-electron chi connectivity index (χ2n) is 4.03. The largest absolute Gasteiger partial charge is 0.388 e. The van der Waals surface area contributed by atoms with Crippen LogP contribution in [0.25, 0.3) is 0 Å². The molecule has 1 N–H and O–H groups in total. The van der Waals surface area contributed by atoms with Crippen LogP contribution in [0.1, 0.15) is 50.7 Å². The number of hydrogen-bond donors (Lipinski definition) is 1. The molecule has 16 heavy (non-hydrogen) atoms. The Kier molecular flexibility index (Phi) is 5.78. The van der Waals surface area contributed by atoms with Crippen molar-refractivity contribution in [1.82, 2.24) is 0 Å². The zero-order valence-corrected chi connectivity index (χ0v) is 10.3. The molecule has 1 nitrogen and oxygen atoms in total. The Morgan fingerprint density at radius 2 is 2.06 bits per heavy atom. The Bertz CT molecular complexity index is 328. The first-order chi connectivity index (χ1) is 7.65. The van der Waals surface area contributed by atoms with E-state index in [2.05, 4.69) is 6.92 Å². The van der Waals surface area contributed by atoms with Crippen molar-refractivity contribution in [3.8, 4) is 0 Å². The van der Waals surface area contributed by atoms with E-state index in [1.54, 1.807) is 6.07 Å². The van der Waals surface area contributed by atoms with Gasteiger partial charge in [-0.05, 0) is 24.1 Å². The predicted octanol–water partition coefficient (Wildman–Crippen LogP) is 4.48. The summed E-state index contributed by atoms with van der Waals surface area (Å²) in [4.78, 5) is 0. The van der Waals surface area contributed by atoms with Gasteiger partial charge in [-0.2, -0.15) is 0 Å². The molecule has 0 amide bonds. The standard InChI is InChI=1S/C13H18ClFO/c1-2-3-4-5-6-13(16)11-8-7-10(15)9-12(11)14/h7-9,13,16H,2-6H2,1H3. The van der Waals surface area contributed by atoms with Gasteiger partial charge in [0.25, 0.3) is 0 Å². The summed E-state index contributed by atoms with van der Waals surface area (Å²) in [5.41, 5.74) is 0.625. The molecule has 0 radical (unpaired) electrons. The van der Waals surface area contributed by atoms with Crippen molar-refractivity contribution < 1.29 is 9.50 Å². The van der Waals surface area contributed by atoms with Crippen molar-refractivity contribution in [2.45, 2.75) is 45.1 Å².